The number of nitrogens with zero attached hydrogens (tertiary/aromatic N) is 1. The zero-order valence-electron chi connectivity index (χ0n) is 13.4. The van der Waals surface area contributed by atoms with Gasteiger partial charge in [-0.25, -0.2) is 0 Å². The summed E-state index contributed by atoms with van der Waals surface area (Å²) in [5.41, 5.74) is 4.15. The number of amides is 1. The Kier molecular flexibility index (Phi) is 6.27. The van der Waals surface area contributed by atoms with Crippen LogP contribution in [0.4, 0.5) is 0 Å². The molecule has 1 atom stereocenters. The fraction of sp³-hybridized carbons (Fsp3) is 0.611. The molecule has 1 aromatic carbocycles. The van der Waals surface area contributed by atoms with Crippen molar-refractivity contribution in [2.24, 2.45) is 0 Å². The molecule has 0 saturated carbocycles. The van der Waals surface area contributed by atoms with E-state index < -0.39 is 0 Å². The van der Waals surface area contributed by atoms with Gasteiger partial charge in [-0.2, -0.15) is 0 Å². The average molecular weight is 323 g/mol. The van der Waals surface area contributed by atoms with Crippen molar-refractivity contribution < 1.29 is 4.79 Å². The molecule has 1 unspecified atom stereocenters. The third-order valence-electron chi connectivity index (χ3n) is 4.91. The number of likely N-dealkylation sites (tertiary alicyclic amines) is 1. The largest absolute Gasteiger partial charge is 0.338 e. The number of benzene rings is 1. The summed E-state index contributed by atoms with van der Waals surface area (Å²) in [5.74, 6) is 0.295. The summed E-state index contributed by atoms with van der Waals surface area (Å²) in [6, 6.07) is 7.06. The Morgan fingerprint density at radius 1 is 1.23 bits per heavy atom. The molecule has 1 amide bonds. The number of aryl methyl sites for hydroxylation is 2. The third kappa shape index (κ3) is 3.82. The Bertz CT molecular complexity index is 518. The van der Waals surface area contributed by atoms with E-state index in [1.54, 1.807) is 0 Å². The summed E-state index contributed by atoms with van der Waals surface area (Å²) in [6.07, 6.45) is 7.83. The van der Waals surface area contributed by atoms with Gasteiger partial charge in [-0.1, -0.05) is 18.2 Å². The highest BCUT2D eigenvalue weighted by atomic mass is 35.5. The molecule has 0 spiro atoms. The van der Waals surface area contributed by atoms with Gasteiger partial charge >= 0.3 is 0 Å². The van der Waals surface area contributed by atoms with Gasteiger partial charge in [-0.15, -0.1) is 12.4 Å². The molecule has 3 nitrogen and oxygen atoms in total. The molecule has 122 valence electrons. The fourth-order valence-corrected chi connectivity index (χ4v) is 3.78. The monoisotopic (exact) mass is 322 g/mol. The van der Waals surface area contributed by atoms with Crippen LogP contribution < -0.4 is 5.32 Å². The lowest BCUT2D eigenvalue weighted by Gasteiger charge is -2.25. The van der Waals surface area contributed by atoms with Gasteiger partial charge < -0.3 is 10.2 Å². The molecule has 2 aliphatic rings. The SMILES string of the molecule is CNCC1CCCN1C(=O)Cc1ccc2c(c1)CCCC2.Cl. The molecule has 0 aromatic heterocycles. The van der Waals surface area contributed by atoms with Gasteiger partial charge in [0.15, 0.2) is 0 Å². The van der Waals surface area contributed by atoms with E-state index in [4.69, 9.17) is 0 Å². The average Bonchev–Trinajstić information content (AvgIpc) is 2.96. The van der Waals surface area contributed by atoms with Crippen LogP contribution in [0.5, 0.6) is 0 Å². The summed E-state index contributed by atoms with van der Waals surface area (Å²) < 4.78 is 0. The van der Waals surface area contributed by atoms with Gasteiger partial charge in [0, 0.05) is 19.1 Å². The molecule has 22 heavy (non-hydrogen) atoms. The zero-order chi connectivity index (χ0) is 14.7. The maximum atomic E-state index is 12.6. The molecule has 1 saturated heterocycles. The van der Waals surface area contributed by atoms with Crippen LogP contribution in [-0.4, -0.2) is 37.0 Å². The number of hydrogen-bond acceptors (Lipinski definition) is 2. The first-order valence-electron chi connectivity index (χ1n) is 8.32. The molecule has 1 aromatic rings. The lowest BCUT2D eigenvalue weighted by Crippen LogP contribution is -2.41. The molecule has 4 heteroatoms. The van der Waals surface area contributed by atoms with E-state index in [1.165, 1.54) is 42.4 Å². The molecule has 0 bridgehead atoms. The van der Waals surface area contributed by atoms with Crippen LogP contribution in [0.2, 0.25) is 0 Å². The summed E-state index contributed by atoms with van der Waals surface area (Å²) in [5, 5.41) is 3.21. The Labute approximate surface area is 139 Å². The second-order valence-electron chi connectivity index (χ2n) is 6.43. The number of halogens is 1. The van der Waals surface area contributed by atoms with E-state index in [-0.39, 0.29) is 12.4 Å². The van der Waals surface area contributed by atoms with Gasteiger partial charge in [0.25, 0.3) is 0 Å². The molecule has 1 aliphatic carbocycles. The summed E-state index contributed by atoms with van der Waals surface area (Å²) in [6.45, 7) is 1.84. The molecule has 1 heterocycles. The first kappa shape index (κ1) is 17.3. The number of carbonyl (C=O) groups is 1. The highest BCUT2D eigenvalue weighted by Crippen LogP contribution is 2.23. The summed E-state index contributed by atoms with van der Waals surface area (Å²) >= 11 is 0. The van der Waals surface area contributed by atoms with E-state index in [1.807, 2.05) is 7.05 Å². The van der Waals surface area contributed by atoms with E-state index in [0.29, 0.717) is 18.4 Å². The second kappa shape index (κ2) is 7.98. The van der Waals surface area contributed by atoms with Crippen LogP contribution in [0.15, 0.2) is 18.2 Å². The van der Waals surface area contributed by atoms with Crippen LogP contribution >= 0.6 is 12.4 Å². The normalized spacial score (nSPS) is 20.4. The number of fused-ring (bicyclic) bond motifs is 1. The van der Waals surface area contributed by atoms with Crippen LogP contribution in [0.1, 0.15) is 42.4 Å². The van der Waals surface area contributed by atoms with E-state index in [2.05, 4.69) is 28.4 Å². The van der Waals surface area contributed by atoms with Crippen molar-refractivity contribution in [3.8, 4) is 0 Å². The quantitative estimate of drug-likeness (QED) is 0.924. The highest BCUT2D eigenvalue weighted by Gasteiger charge is 2.27. The minimum absolute atomic E-state index is 0. The Hall–Kier alpha value is -1.06. The van der Waals surface area contributed by atoms with Crippen molar-refractivity contribution in [3.63, 3.8) is 0 Å². The molecule has 3 rings (SSSR count). The molecular weight excluding hydrogens is 296 g/mol. The van der Waals surface area contributed by atoms with E-state index in [9.17, 15) is 4.79 Å². The predicted molar refractivity (Wildman–Crippen MR) is 92.7 cm³/mol. The fourth-order valence-electron chi connectivity index (χ4n) is 3.78. The Balaban J connectivity index is 0.00000176. The van der Waals surface area contributed by atoms with Crippen LogP contribution in [0.25, 0.3) is 0 Å². The van der Waals surface area contributed by atoms with Crippen LogP contribution in [0.3, 0.4) is 0 Å². The molecule has 0 radical (unpaired) electrons. The number of hydrogen-bond donors (Lipinski definition) is 1. The van der Waals surface area contributed by atoms with Crippen LogP contribution in [0, 0.1) is 0 Å². The topological polar surface area (TPSA) is 32.3 Å². The Morgan fingerprint density at radius 2 is 2.00 bits per heavy atom. The van der Waals surface area contributed by atoms with Crippen molar-refractivity contribution in [2.45, 2.75) is 51.0 Å². The molecular formula is C18H27ClN2O. The minimum Gasteiger partial charge on any atom is -0.338 e. The molecule has 1 fully saturated rings. The van der Waals surface area contributed by atoms with Gasteiger partial charge in [-0.05, 0) is 62.3 Å². The van der Waals surface area contributed by atoms with Crippen molar-refractivity contribution in [1.29, 1.82) is 0 Å². The van der Waals surface area contributed by atoms with Gasteiger partial charge in [0.2, 0.25) is 5.91 Å². The Morgan fingerprint density at radius 3 is 2.77 bits per heavy atom. The van der Waals surface area contributed by atoms with Gasteiger partial charge in [0.05, 0.1) is 6.42 Å². The highest BCUT2D eigenvalue weighted by molar-refractivity contribution is 5.85. The van der Waals surface area contributed by atoms with Crippen molar-refractivity contribution >= 4 is 18.3 Å². The maximum absolute atomic E-state index is 12.6. The van der Waals surface area contributed by atoms with Crippen LogP contribution in [-0.2, 0) is 24.1 Å². The van der Waals surface area contributed by atoms with Gasteiger partial charge in [-0.3, -0.25) is 4.79 Å². The predicted octanol–water partition coefficient (Wildman–Crippen LogP) is 2.74. The van der Waals surface area contributed by atoms with E-state index in [0.717, 1.165) is 25.9 Å². The van der Waals surface area contributed by atoms with Crippen molar-refractivity contribution in [1.82, 2.24) is 10.2 Å². The lowest BCUT2D eigenvalue weighted by atomic mass is 9.90. The number of rotatable bonds is 4. The standard InChI is InChI=1S/C18H26N2O.ClH/c1-19-13-17-7-4-10-20(17)18(21)12-14-8-9-15-5-2-3-6-16(15)11-14;/h8-9,11,17,19H,2-7,10,12-13H2,1H3;1H. The first-order valence-corrected chi connectivity index (χ1v) is 8.32. The number of likely N-dealkylation sites (N-methyl/N-ethyl adjacent to an activating group) is 1. The first-order chi connectivity index (χ1) is 10.3. The second-order valence-corrected chi connectivity index (χ2v) is 6.43. The zero-order valence-corrected chi connectivity index (χ0v) is 14.3. The molecule has 1 N–H and O–H groups in total. The number of nitrogens with one attached hydrogen (secondary N) is 1. The summed E-state index contributed by atoms with van der Waals surface area (Å²) in [4.78, 5) is 14.6. The number of carbonyl (C=O) groups excluding carboxylic acids is 1. The van der Waals surface area contributed by atoms with E-state index >= 15 is 0 Å². The van der Waals surface area contributed by atoms with Crippen molar-refractivity contribution in [3.05, 3.63) is 34.9 Å². The van der Waals surface area contributed by atoms with Crippen molar-refractivity contribution in [2.75, 3.05) is 20.1 Å². The molecule has 1 aliphatic heterocycles. The lowest BCUT2D eigenvalue weighted by molar-refractivity contribution is -0.131. The third-order valence-corrected chi connectivity index (χ3v) is 4.91. The minimum atomic E-state index is 0. The van der Waals surface area contributed by atoms with Gasteiger partial charge in [0.1, 0.15) is 0 Å². The maximum Gasteiger partial charge on any atom is 0.227 e. The summed E-state index contributed by atoms with van der Waals surface area (Å²) in [7, 11) is 1.96. The smallest absolute Gasteiger partial charge is 0.227 e.